The van der Waals surface area contributed by atoms with E-state index in [1.807, 2.05) is 42.5 Å². The van der Waals surface area contributed by atoms with E-state index in [1.54, 1.807) is 19.2 Å². The molecule has 0 unspecified atom stereocenters. The van der Waals surface area contributed by atoms with Gasteiger partial charge in [0.05, 0.1) is 6.54 Å². The van der Waals surface area contributed by atoms with Gasteiger partial charge in [-0.1, -0.05) is 30.3 Å². The van der Waals surface area contributed by atoms with Crippen LogP contribution in [0.1, 0.15) is 15.9 Å². The average molecular weight is 297 g/mol. The third kappa shape index (κ3) is 4.71. The number of para-hydroxylation sites is 1. The number of likely N-dealkylation sites (N-methyl/N-ethyl adjacent to an activating group) is 1. The Balaban J connectivity index is 1.88. The molecule has 0 aliphatic carbocycles. The van der Waals surface area contributed by atoms with Gasteiger partial charge in [0.25, 0.3) is 5.91 Å². The highest BCUT2D eigenvalue weighted by atomic mass is 16.2. The van der Waals surface area contributed by atoms with Crippen molar-refractivity contribution in [3.05, 3.63) is 65.7 Å². The zero-order valence-electron chi connectivity index (χ0n) is 12.4. The molecule has 0 radical (unpaired) electrons. The molecule has 0 saturated heterocycles. The summed E-state index contributed by atoms with van der Waals surface area (Å²) in [5.74, 6) is -0.199. The third-order valence-electron chi connectivity index (χ3n) is 3.14. The second kappa shape index (κ2) is 7.95. The van der Waals surface area contributed by atoms with Gasteiger partial charge in [0.1, 0.15) is 0 Å². The number of hydrogen-bond donors (Lipinski definition) is 3. The van der Waals surface area contributed by atoms with E-state index < -0.39 is 0 Å². The Kier molecular flexibility index (Phi) is 5.68. The average Bonchev–Trinajstić information content (AvgIpc) is 2.56. The van der Waals surface area contributed by atoms with Crippen LogP contribution in [0.5, 0.6) is 0 Å². The molecule has 0 fully saturated rings. The SMILES string of the molecule is CNC(=O)CNCc1ccc(C(=O)Nc2ccccc2)cc1. The Labute approximate surface area is 129 Å². The lowest BCUT2D eigenvalue weighted by atomic mass is 10.1. The van der Waals surface area contributed by atoms with Gasteiger partial charge >= 0.3 is 0 Å². The monoisotopic (exact) mass is 297 g/mol. The number of nitrogens with one attached hydrogen (secondary N) is 3. The molecule has 0 aliphatic heterocycles. The van der Waals surface area contributed by atoms with Gasteiger partial charge < -0.3 is 16.0 Å². The van der Waals surface area contributed by atoms with Gasteiger partial charge in [-0.2, -0.15) is 0 Å². The van der Waals surface area contributed by atoms with Crippen LogP contribution in [-0.2, 0) is 11.3 Å². The summed E-state index contributed by atoms with van der Waals surface area (Å²) in [7, 11) is 1.60. The molecule has 5 heteroatoms. The van der Waals surface area contributed by atoms with E-state index in [9.17, 15) is 9.59 Å². The van der Waals surface area contributed by atoms with Gasteiger partial charge in [0, 0.05) is 24.8 Å². The first-order chi connectivity index (χ1) is 10.7. The van der Waals surface area contributed by atoms with Gasteiger partial charge in [-0.15, -0.1) is 0 Å². The Bertz CT molecular complexity index is 624. The highest BCUT2D eigenvalue weighted by Gasteiger charge is 2.05. The summed E-state index contributed by atoms with van der Waals surface area (Å²) in [6.07, 6.45) is 0. The molecule has 0 heterocycles. The predicted molar refractivity (Wildman–Crippen MR) is 86.6 cm³/mol. The largest absolute Gasteiger partial charge is 0.358 e. The molecule has 114 valence electrons. The Hall–Kier alpha value is -2.66. The summed E-state index contributed by atoms with van der Waals surface area (Å²) in [5, 5.41) is 8.41. The van der Waals surface area contributed by atoms with Crippen molar-refractivity contribution in [2.45, 2.75) is 6.54 Å². The Morgan fingerprint density at radius 2 is 1.64 bits per heavy atom. The van der Waals surface area contributed by atoms with Crippen LogP contribution in [-0.4, -0.2) is 25.4 Å². The van der Waals surface area contributed by atoms with Crippen LogP contribution in [0.25, 0.3) is 0 Å². The minimum absolute atomic E-state index is 0.0566. The second-order valence-corrected chi connectivity index (χ2v) is 4.79. The van der Waals surface area contributed by atoms with Crippen LogP contribution >= 0.6 is 0 Å². The normalized spacial score (nSPS) is 10.0. The van der Waals surface area contributed by atoms with Gasteiger partial charge in [0.15, 0.2) is 0 Å². The van der Waals surface area contributed by atoms with Crippen molar-refractivity contribution >= 4 is 17.5 Å². The van der Waals surface area contributed by atoms with E-state index >= 15 is 0 Å². The van der Waals surface area contributed by atoms with Crippen LogP contribution in [0.4, 0.5) is 5.69 Å². The highest BCUT2D eigenvalue weighted by molar-refractivity contribution is 6.04. The van der Waals surface area contributed by atoms with E-state index in [-0.39, 0.29) is 18.4 Å². The van der Waals surface area contributed by atoms with E-state index in [4.69, 9.17) is 0 Å². The smallest absolute Gasteiger partial charge is 0.255 e. The number of rotatable bonds is 6. The van der Waals surface area contributed by atoms with Crippen molar-refractivity contribution in [2.24, 2.45) is 0 Å². The fourth-order valence-corrected chi connectivity index (χ4v) is 1.91. The van der Waals surface area contributed by atoms with E-state index in [2.05, 4.69) is 16.0 Å². The minimum Gasteiger partial charge on any atom is -0.358 e. The Morgan fingerprint density at radius 3 is 2.27 bits per heavy atom. The van der Waals surface area contributed by atoms with Gasteiger partial charge in [-0.25, -0.2) is 0 Å². The lowest BCUT2D eigenvalue weighted by Crippen LogP contribution is -2.30. The highest BCUT2D eigenvalue weighted by Crippen LogP contribution is 2.09. The molecule has 2 aromatic rings. The molecule has 2 rings (SSSR count). The standard InChI is InChI=1S/C17H19N3O2/c1-18-16(21)12-19-11-13-7-9-14(10-8-13)17(22)20-15-5-3-2-4-6-15/h2-10,19H,11-12H2,1H3,(H,18,21)(H,20,22). The lowest BCUT2D eigenvalue weighted by Gasteiger charge is -2.07. The van der Waals surface area contributed by atoms with Gasteiger partial charge in [-0.05, 0) is 29.8 Å². The molecule has 0 atom stereocenters. The predicted octanol–water partition coefficient (Wildman–Crippen LogP) is 1.77. The minimum atomic E-state index is -0.143. The first kappa shape index (κ1) is 15.7. The first-order valence-electron chi connectivity index (χ1n) is 7.05. The second-order valence-electron chi connectivity index (χ2n) is 4.79. The summed E-state index contributed by atoms with van der Waals surface area (Å²) in [6.45, 7) is 0.848. The van der Waals surface area contributed by atoms with Crippen molar-refractivity contribution in [1.82, 2.24) is 10.6 Å². The molecule has 3 N–H and O–H groups in total. The topological polar surface area (TPSA) is 70.2 Å². The van der Waals surface area contributed by atoms with Crippen LogP contribution in [0.2, 0.25) is 0 Å². The van der Waals surface area contributed by atoms with Crippen LogP contribution in [0, 0.1) is 0 Å². The molecular formula is C17H19N3O2. The number of carbonyl (C=O) groups excluding carboxylic acids is 2. The molecule has 0 saturated carbocycles. The van der Waals surface area contributed by atoms with Gasteiger partial charge in [0.2, 0.25) is 5.91 Å². The van der Waals surface area contributed by atoms with Crippen LogP contribution in [0.15, 0.2) is 54.6 Å². The van der Waals surface area contributed by atoms with Crippen molar-refractivity contribution in [3.8, 4) is 0 Å². The van der Waals surface area contributed by atoms with Crippen molar-refractivity contribution in [3.63, 3.8) is 0 Å². The third-order valence-corrected chi connectivity index (χ3v) is 3.14. The summed E-state index contributed by atoms with van der Waals surface area (Å²) in [6, 6.07) is 16.6. The molecule has 5 nitrogen and oxygen atoms in total. The van der Waals surface area contributed by atoms with Gasteiger partial charge in [-0.3, -0.25) is 9.59 Å². The fourth-order valence-electron chi connectivity index (χ4n) is 1.91. The van der Waals surface area contributed by atoms with Crippen LogP contribution in [0.3, 0.4) is 0 Å². The van der Waals surface area contributed by atoms with Crippen LogP contribution < -0.4 is 16.0 Å². The molecule has 2 aromatic carbocycles. The number of amides is 2. The number of anilines is 1. The molecule has 0 bridgehead atoms. The molecule has 0 spiro atoms. The molecule has 0 aromatic heterocycles. The van der Waals surface area contributed by atoms with Crippen molar-refractivity contribution < 1.29 is 9.59 Å². The fraction of sp³-hybridized carbons (Fsp3) is 0.176. The van der Waals surface area contributed by atoms with E-state index in [0.717, 1.165) is 11.3 Å². The summed E-state index contributed by atoms with van der Waals surface area (Å²) >= 11 is 0. The number of hydrogen-bond acceptors (Lipinski definition) is 3. The zero-order valence-corrected chi connectivity index (χ0v) is 12.4. The molecule has 2 amide bonds. The maximum Gasteiger partial charge on any atom is 0.255 e. The molecular weight excluding hydrogens is 278 g/mol. The summed E-state index contributed by atoms with van der Waals surface area (Å²) in [4.78, 5) is 23.2. The maximum atomic E-state index is 12.1. The van der Waals surface area contributed by atoms with Crippen molar-refractivity contribution in [2.75, 3.05) is 18.9 Å². The quantitative estimate of drug-likeness (QED) is 0.761. The lowest BCUT2D eigenvalue weighted by molar-refractivity contribution is -0.119. The summed E-state index contributed by atoms with van der Waals surface area (Å²) < 4.78 is 0. The first-order valence-corrected chi connectivity index (χ1v) is 7.05. The number of benzene rings is 2. The maximum absolute atomic E-state index is 12.1. The van der Waals surface area contributed by atoms with E-state index in [0.29, 0.717) is 12.1 Å². The molecule has 22 heavy (non-hydrogen) atoms. The Morgan fingerprint density at radius 1 is 0.955 bits per heavy atom. The number of carbonyl (C=O) groups is 2. The van der Waals surface area contributed by atoms with E-state index in [1.165, 1.54) is 0 Å². The molecule has 0 aliphatic rings. The summed E-state index contributed by atoms with van der Waals surface area (Å²) in [5.41, 5.74) is 2.38. The zero-order chi connectivity index (χ0) is 15.8. The van der Waals surface area contributed by atoms with Crippen molar-refractivity contribution in [1.29, 1.82) is 0 Å².